The summed E-state index contributed by atoms with van der Waals surface area (Å²) in [5.41, 5.74) is 1.10. The fraction of sp³-hybridized carbons (Fsp3) is 0.794. The van der Waals surface area contributed by atoms with E-state index < -0.39 is 0 Å². The van der Waals surface area contributed by atoms with E-state index in [1.165, 1.54) is 25.7 Å². The molecule has 0 saturated heterocycles. The summed E-state index contributed by atoms with van der Waals surface area (Å²) in [7, 11) is 0. The summed E-state index contributed by atoms with van der Waals surface area (Å²) in [6.07, 6.45) is 10.2. The van der Waals surface area contributed by atoms with Crippen LogP contribution in [0.25, 0.3) is 0 Å². The first-order valence-electron chi connectivity index (χ1n) is 15.7. The number of carbonyl (C=O) groups is 1. The van der Waals surface area contributed by atoms with Gasteiger partial charge in [-0.05, 0) is 129 Å². The zero-order chi connectivity index (χ0) is 27.2. The van der Waals surface area contributed by atoms with Crippen molar-refractivity contribution in [1.29, 1.82) is 0 Å². The highest BCUT2D eigenvalue weighted by Crippen LogP contribution is 2.68. The van der Waals surface area contributed by atoms with Crippen molar-refractivity contribution in [3.8, 4) is 0 Å². The molecule has 0 heterocycles. The number of rotatable bonds is 7. The van der Waals surface area contributed by atoms with Gasteiger partial charge in [-0.2, -0.15) is 0 Å². The molecule has 0 amide bonds. The van der Waals surface area contributed by atoms with E-state index in [1.54, 1.807) is 0 Å². The van der Waals surface area contributed by atoms with Crippen molar-refractivity contribution in [2.45, 2.75) is 117 Å². The Kier molecular flexibility index (Phi) is 8.06. The fourth-order valence-corrected chi connectivity index (χ4v) is 10.1. The topological polar surface area (TPSA) is 66.8 Å². The summed E-state index contributed by atoms with van der Waals surface area (Å²) in [6.45, 7) is 11.7. The molecule has 4 heteroatoms. The molecule has 0 spiro atoms. The highest BCUT2D eigenvalue weighted by Gasteiger charge is 2.62. The minimum absolute atomic E-state index is 0.0984. The molecule has 212 valence electrons. The Bertz CT molecular complexity index is 960. The van der Waals surface area contributed by atoms with Gasteiger partial charge in [-0.1, -0.05) is 52.8 Å². The largest absolute Gasteiger partial charge is 0.459 e. The molecule has 0 aliphatic heterocycles. The number of hydrogen-bond acceptors (Lipinski definition) is 4. The number of carbonyl (C=O) groups excluding carboxylic acids is 1. The van der Waals surface area contributed by atoms with Crippen LogP contribution >= 0.6 is 0 Å². The summed E-state index contributed by atoms with van der Waals surface area (Å²) in [5.74, 6) is 3.64. The summed E-state index contributed by atoms with van der Waals surface area (Å²) >= 11 is 0. The number of esters is 1. The number of aliphatic hydroxyl groups is 2. The molecular weight excluding hydrogens is 472 g/mol. The van der Waals surface area contributed by atoms with Crippen LogP contribution in [0.4, 0.5) is 0 Å². The van der Waals surface area contributed by atoms with Crippen LogP contribution in [0.5, 0.6) is 0 Å². The van der Waals surface area contributed by atoms with Gasteiger partial charge in [0.05, 0.1) is 17.8 Å². The fourth-order valence-electron chi connectivity index (χ4n) is 10.1. The van der Waals surface area contributed by atoms with Crippen molar-refractivity contribution in [1.82, 2.24) is 0 Å². The van der Waals surface area contributed by atoms with Gasteiger partial charge in [0.25, 0.3) is 0 Å². The first kappa shape index (κ1) is 28.1. The van der Waals surface area contributed by atoms with Gasteiger partial charge >= 0.3 is 5.97 Å². The minimum atomic E-state index is -0.306. The van der Waals surface area contributed by atoms with Crippen LogP contribution in [0.3, 0.4) is 0 Å². The Morgan fingerprint density at radius 3 is 2.32 bits per heavy atom. The molecule has 0 bridgehead atoms. The molecule has 38 heavy (non-hydrogen) atoms. The van der Waals surface area contributed by atoms with Gasteiger partial charge in [0.15, 0.2) is 0 Å². The molecule has 5 rings (SSSR count). The van der Waals surface area contributed by atoms with E-state index in [9.17, 15) is 15.0 Å². The average molecular weight is 525 g/mol. The van der Waals surface area contributed by atoms with E-state index in [-0.39, 0.29) is 35.6 Å². The van der Waals surface area contributed by atoms with Crippen molar-refractivity contribution < 1.29 is 19.7 Å². The SMILES string of the molecule is CC(C)C(O)CC[C@@H](C)[C@H]1CC[C@H]2[C@@H]3C[C@H](O)[C@@H]4C[C@H](OC(=O)c5ccccc5)CC[C@]4(C)[C@H]3CC[C@]12C. The van der Waals surface area contributed by atoms with Gasteiger partial charge in [0.2, 0.25) is 0 Å². The van der Waals surface area contributed by atoms with Crippen LogP contribution in [0.2, 0.25) is 0 Å². The van der Waals surface area contributed by atoms with Gasteiger partial charge < -0.3 is 14.9 Å². The molecule has 4 aliphatic carbocycles. The molecule has 1 aromatic rings. The summed E-state index contributed by atoms with van der Waals surface area (Å²) in [5, 5.41) is 22.0. The van der Waals surface area contributed by atoms with E-state index >= 15 is 0 Å². The van der Waals surface area contributed by atoms with Crippen molar-refractivity contribution in [3.05, 3.63) is 35.9 Å². The molecule has 4 saturated carbocycles. The number of fused-ring (bicyclic) bond motifs is 5. The molecule has 1 aromatic carbocycles. The smallest absolute Gasteiger partial charge is 0.338 e. The Morgan fingerprint density at radius 1 is 0.921 bits per heavy atom. The maximum atomic E-state index is 12.7. The summed E-state index contributed by atoms with van der Waals surface area (Å²) in [6, 6.07) is 9.30. The van der Waals surface area contributed by atoms with E-state index in [4.69, 9.17) is 4.74 Å². The van der Waals surface area contributed by atoms with Crippen molar-refractivity contribution in [2.75, 3.05) is 0 Å². The Balaban J connectivity index is 1.26. The number of aliphatic hydroxyl groups excluding tert-OH is 2. The molecular formula is C34H52O4. The first-order valence-corrected chi connectivity index (χ1v) is 15.7. The second-order valence-electron chi connectivity index (χ2n) is 14.6. The van der Waals surface area contributed by atoms with Crippen LogP contribution < -0.4 is 0 Å². The Morgan fingerprint density at radius 2 is 1.61 bits per heavy atom. The Labute approximate surface area is 230 Å². The third kappa shape index (κ3) is 4.98. The third-order valence-corrected chi connectivity index (χ3v) is 12.4. The molecule has 2 N–H and O–H groups in total. The van der Waals surface area contributed by atoms with Gasteiger partial charge in [0.1, 0.15) is 6.10 Å². The molecule has 4 nitrogen and oxygen atoms in total. The van der Waals surface area contributed by atoms with E-state index in [0.29, 0.717) is 40.6 Å². The van der Waals surface area contributed by atoms with Gasteiger partial charge in [-0.25, -0.2) is 4.79 Å². The highest BCUT2D eigenvalue weighted by molar-refractivity contribution is 5.89. The van der Waals surface area contributed by atoms with Crippen LogP contribution in [-0.2, 0) is 4.74 Å². The molecule has 4 aliphatic rings. The second-order valence-corrected chi connectivity index (χ2v) is 14.6. The lowest BCUT2D eigenvalue weighted by atomic mass is 9.43. The molecule has 0 aromatic heterocycles. The molecule has 0 radical (unpaired) electrons. The van der Waals surface area contributed by atoms with Gasteiger partial charge in [-0.3, -0.25) is 0 Å². The van der Waals surface area contributed by atoms with E-state index in [0.717, 1.165) is 44.4 Å². The van der Waals surface area contributed by atoms with E-state index in [1.807, 2.05) is 30.3 Å². The number of ether oxygens (including phenoxy) is 1. The summed E-state index contributed by atoms with van der Waals surface area (Å²) in [4.78, 5) is 12.7. The first-order chi connectivity index (χ1) is 18.0. The maximum Gasteiger partial charge on any atom is 0.338 e. The van der Waals surface area contributed by atoms with Crippen LogP contribution in [0.15, 0.2) is 30.3 Å². The predicted molar refractivity (Wildman–Crippen MR) is 151 cm³/mol. The average Bonchev–Trinajstić information content (AvgIpc) is 3.25. The number of hydrogen-bond donors (Lipinski definition) is 2. The zero-order valence-corrected chi connectivity index (χ0v) is 24.4. The molecule has 1 unspecified atom stereocenters. The van der Waals surface area contributed by atoms with Crippen LogP contribution in [0.1, 0.15) is 109 Å². The highest BCUT2D eigenvalue weighted by atomic mass is 16.5. The Hall–Kier alpha value is -1.39. The zero-order valence-electron chi connectivity index (χ0n) is 24.4. The monoisotopic (exact) mass is 524 g/mol. The number of benzene rings is 1. The second kappa shape index (κ2) is 10.9. The normalized spacial score (nSPS) is 42.1. The maximum absolute atomic E-state index is 12.7. The van der Waals surface area contributed by atoms with Crippen LogP contribution in [-0.4, -0.2) is 34.5 Å². The van der Waals surface area contributed by atoms with Crippen LogP contribution in [0, 0.1) is 52.3 Å². The van der Waals surface area contributed by atoms with Crippen molar-refractivity contribution in [3.63, 3.8) is 0 Å². The predicted octanol–water partition coefficient (Wildman–Crippen LogP) is 7.27. The molecule has 4 fully saturated rings. The standard InChI is InChI=1S/C34H52O4/c1-21(2)30(35)14-11-22(3)26-12-13-27-25-20-31(36)29-19-24(38-32(37)23-9-7-6-8-10-23)15-17-34(29,5)28(25)16-18-33(26,27)4/h6-10,21-22,24-31,35-36H,11-20H2,1-5H3/t22-,24-,25+,26-,27+,28+,29+,30?,31+,33-,34-/m1/s1. The lowest BCUT2D eigenvalue weighted by molar-refractivity contribution is -0.172. The van der Waals surface area contributed by atoms with Gasteiger partial charge in [-0.15, -0.1) is 0 Å². The summed E-state index contributed by atoms with van der Waals surface area (Å²) < 4.78 is 5.97. The lowest BCUT2D eigenvalue weighted by Crippen LogP contribution is -2.58. The minimum Gasteiger partial charge on any atom is -0.459 e. The van der Waals surface area contributed by atoms with Crippen molar-refractivity contribution >= 4 is 5.97 Å². The third-order valence-electron chi connectivity index (χ3n) is 12.4. The van der Waals surface area contributed by atoms with Crippen molar-refractivity contribution in [2.24, 2.45) is 52.3 Å². The van der Waals surface area contributed by atoms with Gasteiger partial charge in [0, 0.05) is 0 Å². The quantitative estimate of drug-likeness (QED) is 0.368. The lowest BCUT2D eigenvalue weighted by Gasteiger charge is -2.62. The van der Waals surface area contributed by atoms with E-state index in [2.05, 4.69) is 34.6 Å². The molecule has 11 atom stereocenters.